The van der Waals surface area contributed by atoms with Gasteiger partial charge in [0, 0.05) is 22.0 Å². The van der Waals surface area contributed by atoms with Crippen molar-refractivity contribution in [2.45, 2.75) is 43.7 Å². The third-order valence-electron chi connectivity index (χ3n) is 4.27. The monoisotopic (exact) mass is 424 g/mol. The number of nitrogens with zero attached hydrogens (tertiary/aromatic N) is 1. The lowest BCUT2D eigenvalue weighted by Crippen LogP contribution is -2.34. The van der Waals surface area contributed by atoms with Gasteiger partial charge in [-0.2, -0.15) is 5.26 Å². The fraction of sp³-hybridized carbons (Fsp3) is 0.318. The minimum absolute atomic E-state index is 0.181. The second-order valence-electron chi connectivity index (χ2n) is 7.86. The number of rotatable bonds is 3. The van der Waals surface area contributed by atoms with Gasteiger partial charge in [0.05, 0.1) is 17.7 Å². The predicted molar refractivity (Wildman–Crippen MR) is 118 cm³/mol. The molecule has 2 aromatic carbocycles. The van der Waals surface area contributed by atoms with Crippen LogP contribution in [0.25, 0.3) is 0 Å². The average Bonchev–Trinajstić information content (AvgIpc) is 2.67. The van der Waals surface area contributed by atoms with E-state index in [2.05, 4.69) is 16.0 Å². The van der Waals surface area contributed by atoms with E-state index >= 15 is 0 Å². The van der Waals surface area contributed by atoms with Crippen LogP contribution < -0.4 is 16.0 Å². The third-order valence-corrected chi connectivity index (χ3v) is 5.39. The SMILES string of the molecule is CC(C)(C)OC(=O)Nc1ccc2c(c1)[C@@H](NC(=O)Nc1ccc(C#N)cc1)CCS2. The highest BCUT2D eigenvalue weighted by Gasteiger charge is 2.24. The molecule has 1 aliphatic rings. The lowest BCUT2D eigenvalue weighted by molar-refractivity contribution is 0.0636. The van der Waals surface area contributed by atoms with Crippen molar-refractivity contribution in [3.63, 3.8) is 0 Å². The highest BCUT2D eigenvalue weighted by molar-refractivity contribution is 7.99. The number of urea groups is 1. The molecular weight excluding hydrogens is 400 g/mol. The number of ether oxygens (including phenoxy) is 1. The Morgan fingerprint density at radius 1 is 1.10 bits per heavy atom. The molecule has 1 aliphatic heterocycles. The molecule has 0 spiro atoms. The number of carbonyl (C=O) groups excluding carboxylic acids is 2. The quantitative estimate of drug-likeness (QED) is 0.623. The maximum atomic E-state index is 12.5. The van der Waals surface area contributed by atoms with E-state index in [1.165, 1.54) is 0 Å². The maximum Gasteiger partial charge on any atom is 0.412 e. The van der Waals surface area contributed by atoms with Crippen LogP contribution in [0, 0.1) is 11.3 Å². The number of hydrogen-bond donors (Lipinski definition) is 3. The van der Waals surface area contributed by atoms with Crippen LogP contribution in [-0.4, -0.2) is 23.5 Å². The van der Waals surface area contributed by atoms with Crippen LogP contribution in [0.15, 0.2) is 47.4 Å². The summed E-state index contributed by atoms with van der Waals surface area (Å²) in [6.07, 6.45) is 0.253. The molecule has 156 valence electrons. The number of fused-ring (bicyclic) bond motifs is 1. The van der Waals surface area contributed by atoms with Crippen molar-refractivity contribution in [2.75, 3.05) is 16.4 Å². The zero-order valence-corrected chi connectivity index (χ0v) is 17.9. The van der Waals surface area contributed by atoms with Gasteiger partial charge in [-0.1, -0.05) is 0 Å². The topological polar surface area (TPSA) is 103 Å². The number of benzene rings is 2. The van der Waals surface area contributed by atoms with E-state index in [-0.39, 0.29) is 12.1 Å². The van der Waals surface area contributed by atoms with E-state index in [1.807, 2.05) is 45.0 Å². The Hall–Kier alpha value is -3.18. The van der Waals surface area contributed by atoms with Crippen molar-refractivity contribution in [2.24, 2.45) is 0 Å². The third kappa shape index (κ3) is 5.91. The summed E-state index contributed by atoms with van der Waals surface area (Å²) in [7, 11) is 0. The summed E-state index contributed by atoms with van der Waals surface area (Å²) in [6, 6.07) is 13.9. The van der Waals surface area contributed by atoms with E-state index in [9.17, 15) is 9.59 Å². The molecule has 3 rings (SSSR count). The molecule has 30 heavy (non-hydrogen) atoms. The van der Waals surface area contributed by atoms with Gasteiger partial charge in [0.15, 0.2) is 0 Å². The summed E-state index contributed by atoms with van der Waals surface area (Å²) >= 11 is 1.72. The summed E-state index contributed by atoms with van der Waals surface area (Å²) in [4.78, 5) is 25.6. The largest absolute Gasteiger partial charge is 0.444 e. The van der Waals surface area contributed by atoms with Crippen molar-refractivity contribution in [1.29, 1.82) is 5.26 Å². The molecular formula is C22H24N4O3S. The molecule has 0 bridgehead atoms. The first-order valence-electron chi connectivity index (χ1n) is 9.58. The van der Waals surface area contributed by atoms with Gasteiger partial charge in [-0.15, -0.1) is 11.8 Å². The van der Waals surface area contributed by atoms with Crippen molar-refractivity contribution >= 4 is 35.3 Å². The normalized spacial score (nSPS) is 15.3. The van der Waals surface area contributed by atoms with E-state index in [0.717, 1.165) is 22.6 Å². The number of nitrogens with one attached hydrogen (secondary N) is 3. The lowest BCUT2D eigenvalue weighted by atomic mass is 10.0. The number of thioether (sulfide) groups is 1. The molecule has 0 saturated heterocycles. The van der Waals surface area contributed by atoms with Crippen molar-refractivity contribution in [3.8, 4) is 6.07 Å². The molecule has 0 saturated carbocycles. The van der Waals surface area contributed by atoms with Gasteiger partial charge >= 0.3 is 12.1 Å². The summed E-state index contributed by atoms with van der Waals surface area (Å²) in [6.45, 7) is 5.42. The van der Waals surface area contributed by atoms with Crippen LogP contribution in [0.4, 0.5) is 21.0 Å². The number of nitriles is 1. The first-order valence-corrected chi connectivity index (χ1v) is 10.6. The number of amides is 3. The van der Waals surface area contributed by atoms with Crippen molar-refractivity contribution in [3.05, 3.63) is 53.6 Å². The van der Waals surface area contributed by atoms with Crippen LogP contribution in [0.2, 0.25) is 0 Å². The van der Waals surface area contributed by atoms with E-state index < -0.39 is 11.7 Å². The molecule has 3 amide bonds. The molecule has 0 fully saturated rings. The highest BCUT2D eigenvalue weighted by atomic mass is 32.2. The van der Waals surface area contributed by atoms with Crippen LogP contribution in [0.1, 0.15) is 44.4 Å². The van der Waals surface area contributed by atoms with Crippen molar-refractivity contribution < 1.29 is 14.3 Å². The molecule has 1 atom stereocenters. The molecule has 0 unspecified atom stereocenters. The minimum atomic E-state index is -0.582. The zero-order valence-electron chi connectivity index (χ0n) is 17.1. The Morgan fingerprint density at radius 2 is 1.80 bits per heavy atom. The van der Waals surface area contributed by atoms with Crippen LogP contribution in [0.5, 0.6) is 0 Å². The maximum absolute atomic E-state index is 12.5. The van der Waals surface area contributed by atoms with Crippen LogP contribution >= 0.6 is 11.8 Å². The molecule has 0 radical (unpaired) electrons. The molecule has 3 N–H and O–H groups in total. The van der Waals surface area contributed by atoms with Gasteiger partial charge in [0.2, 0.25) is 0 Å². The number of anilines is 2. The second-order valence-corrected chi connectivity index (χ2v) is 8.99. The Labute approximate surface area is 180 Å². The van der Waals surface area contributed by atoms with E-state index in [1.54, 1.807) is 36.0 Å². The van der Waals surface area contributed by atoms with Gasteiger partial charge in [-0.05, 0) is 75.2 Å². The second kappa shape index (κ2) is 9.09. The summed E-state index contributed by atoms with van der Waals surface area (Å²) in [5, 5.41) is 17.4. The summed E-state index contributed by atoms with van der Waals surface area (Å²) in [5.41, 5.74) is 2.13. The molecule has 0 aromatic heterocycles. The highest BCUT2D eigenvalue weighted by Crippen LogP contribution is 2.37. The first-order chi connectivity index (χ1) is 14.2. The zero-order chi connectivity index (χ0) is 21.7. The van der Waals surface area contributed by atoms with Gasteiger partial charge in [-0.25, -0.2) is 9.59 Å². The molecule has 7 nitrogen and oxygen atoms in total. The van der Waals surface area contributed by atoms with E-state index in [0.29, 0.717) is 16.9 Å². The Bertz CT molecular complexity index is 977. The van der Waals surface area contributed by atoms with Gasteiger partial charge in [0.1, 0.15) is 5.60 Å². The first kappa shape index (κ1) is 21.5. The smallest absolute Gasteiger partial charge is 0.412 e. The summed E-state index contributed by atoms with van der Waals surface area (Å²) in [5.74, 6) is 0.883. The average molecular weight is 425 g/mol. The Kier molecular flexibility index (Phi) is 6.53. The number of carbonyl (C=O) groups is 2. The standard InChI is InChI=1S/C22H24N4O3S/c1-22(2,3)29-21(28)25-16-8-9-19-17(12-16)18(10-11-30-19)26-20(27)24-15-6-4-14(13-23)5-7-15/h4-9,12,18H,10-11H2,1-3H3,(H,25,28)(H2,24,26,27)/t18-/m0/s1. The van der Waals surface area contributed by atoms with Crippen LogP contribution in [0.3, 0.4) is 0 Å². The molecule has 8 heteroatoms. The van der Waals surface area contributed by atoms with Crippen LogP contribution in [-0.2, 0) is 4.74 Å². The molecule has 0 aliphatic carbocycles. The van der Waals surface area contributed by atoms with Gasteiger partial charge in [-0.3, -0.25) is 5.32 Å². The number of hydrogen-bond acceptors (Lipinski definition) is 5. The van der Waals surface area contributed by atoms with Gasteiger partial charge in [0.25, 0.3) is 0 Å². The van der Waals surface area contributed by atoms with Gasteiger partial charge < -0.3 is 15.4 Å². The minimum Gasteiger partial charge on any atom is -0.444 e. The fourth-order valence-corrected chi connectivity index (χ4v) is 4.10. The Balaban J connectivity index is 1.68. The fourth-order valence-electron chi connectivity index (χ4n) is 3.00. The summed E-state index contributed by atoms with van der Waals surface area (Å²) < 4.78 is 5.30. The van der Waals surface area contributed by atoms with E-state index in [4.69, 9.17) is 10.00 Å². The predicted octanol–water partition coefficient (Wildman–Crippen LogP) is 5.26. The molecule has 2 aromatic rings. The molecule has 1 heterocycles. The Morgan fingerprint density at radius 3 is 2.47 bits per heavy atom. The lowest BCUT2D eigenvalue weighted by Gasteiger charge is -2.27. The van der Waals surface area contributed by atoms with Crippen molar-refractivity contribution in [1.82, 2.24) is 5.32 Å².